The smallest absolute Gasteiger partial charge is 0.313 e. The van der Waals surface area contributed by atoms with Gasteiger partial charge in [-0.15, -0.1) is 0 Å². The van der Waals surface area contributed by atoms with Gasteiger partial charge in [-0.2, -0.15) is 0 Å². The Balaban J connectivity index is 1.99. The van der Waals surface area contributed by atoms with E-state index in [0.29, 0.717) is 18.0 Å². The van der Waals surface area contributed by atoms with E-state index in [0.717, 1.165) is 12.0 Å². The lowest BCUT2D eigenvalue weighted by Gasteiger charge is -2.15. The molecule has 0 aliphatic rings. The predicted molar refractivity (Wildman–Crippen MR) is 98.6 cm³/mol. The second kappa shape index (κ2) is 8.87. The molecule has 0 aromatic heterocycles. The topological polar surface area (TPSA) is 67.4 Å². The molecule has 1 atom stereocenters. The minimum atomic E-state index is -0.718. The maximum absolute atomic E-state index is 12.2. The van der Waals surface area contributed by atoms with Crippen molar-refractivity contribution in [3.63, 3.8) is 0 Å². The fraction of sp³-hybridized carbons (Fsp3) is 0.300. The molecule has 0 fully saturated rings. The standard InChI is InChI=1S/C20H24N2O3/c1-4-15-10-12-16(13-11-15)14(3)21-19(23)20(24)22-17-8-6-7-9-18(17)25-5-2/h6-14H,4-5H2,1-3H3,(H,21,23)(H,22,24). The molecule has 2 N–H and O–H groups in total. The molecule has 2 rings (SSSR count). The average molecular weight is 340 g/mol. The van der Waals surface area contributed by atoms with Crippen LogP contribution in [-0.4, -0.2) is 18.4 Å². The van der Waals surface area contributed by atoms with Crippen LogP contribution >= 0.6 is 0 Å². The second-order valence-corrected chi connectivity index (χ2v) is 5.67. The molecule has 2 amide bonds. The van der Waals surface area contributed by atoms with Gasteiger partial charge in [0.25, 0.3) is 0 Å². The number of aryl methyl sites for hydroxylation is 1. The first-order valence-corrected chi connectivity index (χ1v) is 8.47. The van der Waals surface area contributed by atoms with Crippen molar-refractivity contribution in [1.29, 1.82) is 0 Å². The number of rotatable bonds is 6. The van der Waals surface area contributed by atoms with Gasteiger partial charge in [-0.25, -0.2) is 0 Å². The van der Waals surface area contributed by atoms with E-state index in [1.54, 1.807) is 18.2 Å². The number of hydrogen-bond acceptors (Lipinski definition) is 3. The molecule has 132 valence electrons. The van der Waals surface area contributed by atoms with Crippen molar-refractivity contribution in [2.75, 3.05) is 11.9 Å². The number of ether oxygens (including phenoxy) is 1. The maximum atomic E-state index is 12.2. The zero-order valence-corrected chi connectivity index (χ0v) is 14.8. The van der Waals surface area contributed by atoms with Crippen molar-refractivity contribution < 1.29 is 14.3 Å². The summed E-state index contributed by atoms with van der Waals surface area (Å²) in [6.07, 6.45) is 0.961. The van der Waals surface area contributed by atoms with Gasteiger partial charge in [0.2, 0.25) is 0 Å². The first-order chi connectivity index (χ1) is 12.0. The van der Waals surface area contributed by atoms with Gasteiger partial charge in [0.1, 0.15) is 5.75 Å². The van der Waals surface area contributed by atoms with E-state index in [4.69, 9.17) is 4.74 Å². The third-order valence-electron chi connectivity index (χ3n) is 3.88. The van der Waals surface area contributed by atoms with Gasteiger partial charge in [0.15, 0.2) is 0 Å². The molecule has 0 heterocycles. The Bertz CT molecular complexity index is 726. The molecule has 0 radical (unpaired) electrons. The largest absolute Gasteiger partial charge is 0.492 e. The monoisotopic (exact) mass is 340 g/mol. The van der Waals surface area contributed by atoms with Crippen LogP contribution in [0.3, 0.4) is 0 Å². The number of carbonyl (C=O) groups is 2. The Morgan fingerprint density at radius 1 is 1.00 bits per heavy atom. The van der Waals surface area contributed by atoms with E-state index in [2.05, 4.69) is 17.6 Å². The molecule has 0 spiro atoms. The number of amides is 2. The van der Waals surface area contributed by atoms with E-state index in [1.165, 1.54) is 5.56 Å². The summed E-state index contributed by atoms with van der Waals surface area (Å²) in [4.78, 5) is 24.3. The summed E-state index contributed by atoms with van der Waals surface area (Å²) < 4.78 is 5.44. The van der Waals surface area contributed by atoms with Gasteiger partial charge in [0.05, 0.1) is 18.3 Å². The van der Waals surface area contributed by atoms with Crippen molar-refractivity contribution >= 4 is 17.5 Å². The van der Waals surface area contributed by atoms with Crippen LogP contribution in [0.4, 0.5) is 5.69 Å². The highest BCUT2D eigenvalue weighted by Gasteiger charge is 2.18. The van der Waals surface area contributed by atoms with Crippen LogP contribution in [0, 0.1) is 0 Å². The van der Waals surface area contributed by atoms with Crippen LogP contribution < -0.4 is 15.4 Å². The maximum Gasteiger partial charge on any atom is 0.313 e. The van der Waals surface area contributed by atoms with Gasteiger partial charge in [-0.1, -0.05) is 43.3 Å². The third kappa shape index (κ3) is 5.08. The van der Waals surface area contributed by atoms with E-state index in [-0.39, 0.29) is 6.04 Å². The predicted octanol–water partition coefficient (Wildman–Crippen LogP) is 3.46. The molecule has 0 bridgehead atoms. The van der Waals surface area contributed by atoms with E-state index >= 15 is 0 Å². The Kier molecular flexibility index (Phi) is 6.57. The molecular formula is C20H24N2O3. The molecule has 1 unspecified atom stereocenters. The fourth-order valence-corrected chi connectivity index (χ4v) is 2.42. The van der Waals surface area contributed by atoms with Crippen molar-refractivity contribution in [2.24, 2.45) is 0 Å². The summed E-state index contributed by atoms with van der Waals surface area (Å²) in [5, 5.41) is 5.31. The molecule has 5 nitrogen and oxygen atoms in total. The zero-order chi connectivity index (χ0) is 18.2. The van der Waals surface area contributed by atoms with E-state index in [9.17, 15) is 9.59 Å². The highest BCUT2D eigenvalue weighted by atomic mass is 16.5. The lowest BCUT2D eigenvalue weighted by Crippen LogP contribution is -2.37. The van der Waals surface area contributed by atoms with Crippen molar-refractivity contribution in [3.05, 3.63) is 59.7 Å². The summed E-state index contributed by atoms with van der Waals surface area (Å²) in [5.74, 6) is -0.864. The number of carbonyl (C=O) groups excluding carboxylic acids is 2. The van der Waals surface area contributed by atoms with Gasteiger partial charge < -0.3 is 15.4 Å². The Morgan fingerprint density at radius 3 is 2.32 bits per heavy atom. The highest BCUT2D eigenvalue weighted by molar-refractivity contribution is 6.39. The summed E-state index contributed by atoms with van der Waals surface area (Å²) in [6, 6.07) is 14.7. The number of anilines is 1. The van der Waals surface area contributed by atoms with Crippen molar-refractivity contribution in [1.82, 2.24) is 5.32 Å². The van der Waals surface area contributed by atoms with Crippen LogP contribution in [0.25, 0.3) is 0 Å². The van der Waals surface area contributed by atoms with Crippen LogP contribution in [0.5, 0.6) is 5.75 Å². The Morgan fingerprint density at radius 2 is 1.68 bits per heavy atom. The Labute approximate surface area is 148 Å². The SMILES string of the molecule is CCOc1ccccc1NC(=O)C(=O)NC(C)c1ccc(CC)cc1. The molecule has 0 saturated carbocycles. The molecule has 25 heavy (non-hydrogen) atoms. The van der Waals surface area contributed by atoms with Crippen molar-refractivity contribution in [2.45, 2.75) is 33.2 Å². The summed E-state index contributed by atoms with van der Waals surface area (Å²) >= 11 is 0. The molecule has 0 aliphatic carbocycles. The molecule has 5 heteroatoms. The first kappa shape index (κ1) is 18.5. The minimum Gasteiger partial charge on any atom is -0.492 e. The molecule has 0 aliphatic heterocycles. The quantitative estimate of drug-likeness (QED) is 0.791. The van der Waals surface area contributed by atoms with Crippen molar-refractivity contribution in [3.8, 4) is 5.75 Å². The average Bonchev–Trinajstić information content (AvgIpc) is 2.63. The Hall–Kier alpha value is -2.82. The normalized spacial score (nSPS) is 11.5. The van der Waals surface area contributed by atoms with Crippen LogP contribution in [0.15, 0.2) is 48.5 Å². The van der Waals surface area contributed by atoms with Gasteiger partial charge in [-0.3, -0.25) is 9.59 Å². The van der Waals surface area contributed by atoms with Crippen LogP contribution in [-0.2, 0) is 16.0 Å². The number of benzene rings is 2. The number of para-hydroxylation sites is 2. The minimum absolute atomic E-state index is 0.258. The lowest BCUT2D eigenvalue weighted by molar-refractivity contribution is -0.136. The van der Waals surface area contributed by atoms with Gasteiger partial charge in [0, 0.05) is 0 Å². The molecule has 0 saturated heterocycles. The van der Waals surface area contributed by atoms with E-state index < -0.39 is 11.8 Å². The van der Waals surface area contributed by atoms with Crippen LogP contribution in [0.2, 0.25) is 0 Å². The number of nitrogens with one attached hydrogen (secondary N) is 2. The van der Waals surface area contributed by atoms with Gasteiger partial charge >= 0.3 is 11.8 Å². The molecule has 2 aromatic rings. The van der Waals surface area contributed by atoms with Crippen LogP contribution in [0.1, 0.15) is 37.9 Å². The third-order valence-corrected chi connectivity index (χ3v) is 3.88. The highest BCUT2D eigenvalue weighted by Crippen LogP contribution is 2.23. The van der Waals surface area contributed by atoms with Gasteiger partial charge in [-0.05, 0) is 43.5 Å². The molecular weight excluding hydrogens is 316 g/mol. The zero-order valence-electron chi connectivity index (χ0n) is 14.8. The van der Waals surface area contributed by atoms with E-state index in [1.807, 2.05) is 44.2 Å². The lowest BCUT2D eigenvalue weighted by atomic mass is 10.1. The summed E-state index contributed by atoms with van der Waals surface area (Å²) in [7, 11) is 0. The summed E-state index contributed by atoms with van der Waals surface area (Å²) in [5.41, 5.74) is 2.66. The molecule has 2 aromatic carbocycles. The first-order valence-electron chi connectivity index (χ1n) is 8.47. The fourth-order valence-electron chi connectivity index (χ4n) is 2.42. The second-order valence-electron chi connectivity index (χ2n) is 5.67. The summed E-state index contributed by atoms with van der Waals surface area (Å²) in [6.45, 7) is 6.27. The number of hydrogen-bond donors (Lipinski definition) is 2.